The van der Waals surface area contributed by atoms with E-state index in [1.807, 2.05) is 0 Å². The summed E-state index contributed by atoms with van der Waals surface area (Å²) in [7, 11) is 0. The van der Waals surface area contributed by atoms with Crippen molar-refractivity contribution in [2.24, 2.45) is 0 Å². The number of rotatable bonds is 4. The van der Waals surface area contributed by atoms with Crippen LogP contribution in [-0.4, -0.2) is 46.3 Å². The van der Waals surface area contributed by atoms with Crippen LogP contribution in [0, 0.1) is 0 Å². The number of H-pyrrole nitrogens is 1. The quantitative estimate of drug-likeness (QED) is 0.919. The molecule has 0 radical (unpaired) electrons. The Labute approximate surface area is 137 Å². The average molecular weight is 340 g/mol. The third-order valence-corrected chi connectivity index (χ3v) is 5.18. The molecule has 1 fully saturated rings. The van der Waals surface area contributed by atoms with Crippen LogP contribution < -0.4 is 10.5 Å². The van der Waals surface area contributed by atoms with Gasteiger partial charge in [0.05, 0.1) is 22.6 Å². The molecule has 1 saturated heterocycles. The maximum Gasteiger partial charge on any atom is 0.285 e. The fourth-order valence-corrected chi connectivity index (χ4v) is 3.50. The fourth-order valence-electron chi connectivity index (χ4n) is 2.55. The van der Waals surface area contributed by atoms with E-state index in [0.29, 0.717) is 5.69 Å². The smallest absolute Gasteiger partial charge is 0.285 e. The van der Waals surface area contributed by atoms with E-state index in [4.69, 9.17) is 11.6 Å². The van der Waals surface area contributed by atoms with Crippen LogP contribution in [0.1, 0.15) is 17.6 Å². The van der Waals surface area contributed by atoms with E-state index >= 15 is 0 Å². The highest BCUT2D eigenvalue weighted by Gasteiger charge is 2.20. The zero-order chi connectivity index (χ0) is 15.5. The van der Waals surface area contributed by atoms with Crippen molar-refractivity contribution in [1.29, 1.82) is 0 Å². The van der Waals surface area contributed by atoms with Crippen LogP contribution in [0.3, 0.4) is 0 Å². The standard InChI is InChI=1S/C14H18ClN5OS/c1-2-12-17-10(9-22-12)8-19-3-5-20(6-4-19)11-7-16-18-14(21)13(11)15/h7,9H,2-6,8H2,1H3,(H,18,21). The first kappa shape index (κ1) is 15.5. The first-order chi connectivity index (χ1) is 10.7. The summed E-state index contributed by atoms with van der Waals surface area (Å²) < 4.78 is 0. The number of aromatic amines is 1. The number of aryl methyl sites for hydroxylation is 1. The van der Waals surface area contributed by atoms with E-state index in [9.17, 15) is 4.79 Å². The van der Waals surface area contributed by atoms with Crippen LogP contribution >= 0.6 is 22.9 Å². The molecular formula is C14H18ClN5OS. The average Bonchev–Trinajstić information content (AvgIpc) is 2.99. The molecule has 118 valence electrons. The van der Waals surface area contributed by atoms with Gasteiger partial charge in [0.25, 0.3) is 5.56 Å². The Kier molecular flexibility index (Phi) is 4.75. The van der Waals surface area contributed by atoms with E-state index < -0.39 is 0 Å². The summed E-state index contributed by atoms with van der Waals surface area (Å²) in [4.78, 5) is 20.6. The predicted octanol–water partition coefficient (Wildman–Crippen LogP) is 1.76. The molecule has 8 heteroatoms. The number of aromatic nitrogens is 3. The highest BCUT2D eigenvalue weighted by molar-refractivity contribution is 7.09. The van der Waals surface area contributed by atoms with E-state index in [1.165, 1.54) is 5.01 Å². The van der Waals surface area contributed by atoms with E-state index in [-0.39, 0.29) is 10.6 Å². The summed E-state index contributed by atoms with van der Waals surface area (Å²) in [6.07, 6.45) is 2.61. The Hall–Kier alpha value is -1.44. The second-order valence-corrected chi connectivity index (χ2v) is 6.57. The minimum atomic E-state index is -0.337. The third kappa shape index (κ3) is 3.31. The Morgan fingerprint density at radius 3 is 2.82 bits per heavy atom. The van der Waals surface area contributed by atoms with Gasteiger partial charge in [0, 0.05) is 38.1 Å². The number of thiazole rings is 1. The highest BCUT2D eigenvalue weighted by Crippen LogP contribution is 2.22. The van der Waals surface area contributed by atoms with Crippen molar-refractivity contribution in [2.45, 2.75) is 19.9 Å². The lowest BCUT2D eigenvalue weighted by Crippen LogP contribution is -2.46. The van der Waals surface area contributed by atoms with Crippen molar-refractivity contribution in [3.8, 4) is 0 Å². The molecule has 6 nitrogen and oxygen atoms in total. The number of hydrogen-bond acceptors (Lipinski definition) is 6. The summed E-state index contributed by atoms with van der Waals surface area (Å²) in [6.45, 7) is 6.50. The molecule has 0 atom stereocenters. The highest BCUT2D eigenvalue weighted by atomic mass is 35.5. The summed E-state index contributed by atoms with van der Waals surface area (Å²) in [6, 6.07) is 0. The first-order valence-corrected chi connectivity index (χ1v) is 8.57. The maximum absolute atomic E-state index is 11.5. The molecule has 0 unspecified atom stereocenters. The normalized spacial score (nSPS) is 16.2. The van der Waals surface area contributed by atoms with Crippen molar-refractivity contribution in [2.75, 3.05) is 31.1 Å². The van der Waals surface area contributed by atoms with Crippen LogP contribution in [0.5, 0.6) is 0 Å². The number of piperazine rings is 1. The van der Waals surface area contributed by atoms with E-state index in [0.717, 1.165) is 44.8 Å². The van der Waals surface area contributed by atoms with Crippen molar-refractivity contribution in [3.05, 3.63) is 37.7 Å². The second-order valence-electron chi connectivity index (χ2n) is 5.25. The van der Waals surface area contributed by atoms with Gasteiger partial charge in [-0.15, -0.1) is 11.3 Å². The molecule has 0 bridgehead atoms. The molecule has 2 aromatic heterocycles. The van der Waals surface area contributed by atoms with Crippen molar-refractivity contribution >= 4 is 28.6 Å². The maximum atomic E-state index is 11.5. The van der Waals surface area contributed by atoms with Crippen LogP contribution in [0.15, 0.2) is 16.4 Å². The van der Waals surface area contributed by atoms with Crippen LogP contribution in [0.4, 0.5) is 5.69 Å². The van der Waals surface area contributed by atoms with E-state index in [2.05, 4.69) is 37.3 Å². The largest absolute Gasteiger partial charge is 0.366 e. The van der Waals surface area contributed by atoms with Crippen LogP contribution in [-0.2, 0) is 13.0 Å². The summed E-state index contributed by atoms with van der Waals surface area (Å²) in [5.74, 6) is 0. The van der Waals surface area contributed by atoms with Gasteiger partial charge in [-0.2, -0.15) is 5.10 Å². The molecule has 3 rings (SSSR count). The number of hydrogen-bond donors (Lipinski definition) is 1. The molecule has 22 heavy (non-hydrogen) atoms. The van der Waals surface area contributed by atoms with Gasteiger partial charge < -0.3 is 4.90 Å². The zero-order valence-corrected chi connectivity index (χ0v) is 14.0. The molecular weight excluding hydrogens is 322 g/mol. The van der Waals surface area contributed by atoms with Crippen LogP contribution in [0.25, 0.3) is 0 Å². The number of nitrogens with one attached hydrogen (secondary N) is 1. The van der Waals surface area contributed by atoms with Gasteiger partial charge in [0.15, 0.2) is 0 Å². The Bertz CT molecular complexity index is 693. The molecule has 0 saturated carbocycles. The summed E-state index contributed by atoms with van der Waals surface area (Å²) in [5, 5.41) is 9.73. The Balaban J connectivity index is 1.60. The molecule has 1 N–H and O–H groups in total. The monoisotopic (exact) mass is 339 g/mol. The van der Waals surface area contributed by atoms with Gasteiger partial charge in [-0.1, -0.05) is 18.5 Å². The lowest BCUT2D eigenvalue weighted by molar-refractivity contribution is 0.247. The van der Waals surface area contributed by atoms with Crippen molar-refractivity contribution in [3.63, 3.8) is 0 Å². The second kappa shape index (κ2) is 6.76. The van der Waals surface area contributed by atoms with Gasteiger partial charge in [-0.3, -0.25) is 9.69 Å². The lowest BCUT2D eigenvalue weighted by atomic mass is 10.2. The minimum absolute atomic E-state index is 0.218. The Morgan fingerprint density at radius 2 is 2.14 bits per heavy atom. The molecule has 1 aliphatic heterocycles. The molecule has 3 heterocycles. The minimum Gasteiger partial charge on any atom is -0.366 e. The number of anilines is 1. The molecule has 0 spiro atoms. The SMILES string of the molecule is CCc1nc(CN2CCN(c3cn[nH]c(=O)c3Cl)CC2)cs1. The fraction of sp³-hybridized carbons (Fsp3) is 0.500. The predicted molar refractivity (Wildman–Crippen MR) is 88.8 cm³/mol. The summed E-state index contributed by atoms with van der Waals surface area (Å²) in [5.41, 5.74) is 1.52. The topological polar surface area (TPSA) is 65.1 Å². The van der Waals surface area contributed by atoms with Gasteiger partial charge in [-0.05, 0) is 6.42 Å². The van der Waals surface area contributed by atoms with Gasteiger partial charge >= 0.3 is 0 Å². The molecule has 1 aliphatic rings. The lowest BCUT2D eigenvalue weighted by Gasteiger charge is -2.35. The zero-order valence-electron chi connectivity index (χ0n) is 12.4. The summed E-state index contributed by atoms with van der Waals surface area (Å²) >= 11 is 7.79. The number of nitrogens with zero attached hydrogens (tertiary/aromatic N) is 4. The molecule has 0 aromatic carbocycles. The van der Waals surface area contributed by atoms with Gasteiger partial charge in [0.2, 0.25) is 0 Å². The van der Waals surface area contributed by atoms with Crippen LogP contribution in [0.2, 0.25) is 5.02 Å². The third-order valence-electron chi connectivity index (χ3n) is 3.78. The van der Waals surface area contributed by atoms with Crippen molar-refractivity contribution < 1.29 is 0 Å². The van der Waals surface area contributed by atoms with Gasteiger partial charge in [-0.25, -0.2) is 10.1 Å². The van der Waals surface area contributed by atoms with E-state index in [1.54, 1.807) is 17.5 Å². The molecule has 2 aromatic rings. The first-order valence-electron chi connectivity index (χ1n) is 7.31. The van der Waals surface area contributed by atoms with Crippen molar-refractivity contribution in [1.82, 2.24) is 20.1 Å². The number of halogens is 1. The Morgan fingerprint density at radius 1 is 1.36 bits per heavy atom. The molecule has 0 aliphatic carbocycles. The van der Waals surface area contributed by atoms with Gasteiger partial charge in [0.1, 0.15) is 5.02 Å². The molecule has 0 amide bonds.